The number of hydrogen-bond acceptors (Lipinski definition) is 6. The standard InChI is InChI=1S/C10H13N5S/c1-7-13-5-9(16-7)6-14-8-2-3-12-10(4-8)15-11/h2-5H,6,11H2,1H3,(H2,12,14,15). The van der Waals surface area contributed by atoms with Crippen molar-refractivity contribution in [1.29, 1.82) is 0 Å². The van der Waals surface area contributed by atoms with Crippen LogP contribution in [0, 0.1) is 6.92 Å². The highest BCUT2D eigenvalue weighted by molar-refractivity contribution is 7.11. The van der Waals surface area contributed by atoms with E-state index in [0.717, 1.165) is 17.2 Å². The van der Waals surface area contributed by atoms with E-state index in [-0.39, 0.29) is 0 Å². The predicted molar refractivity (Wildman–Crippen MR) is 66.2 cm³/mol. The third-order valence-electron chi connectivity index (χ3n) is 2.04. The number of aryl methyl sites for hydroxylation is 1. The van der Waals surface area contributed by atoms with Crippen LogP contribution in [0.3, 0.4) is 0 Å². The highest BCUT2D eigenvalue weighted by atomic mass is 32.1. The molecule has 0 bridgehead atoms. The van der Waals surface area contributed by atoms with Gasteiger partial charge in [-0.2, -0.15) is 0 Å². The van der Waals surface area contributed by atoms with Gasteiger partial charge in [0.15, 0.2) is 0 Å². The molecule has 2 rings (SSSR count). The third-order valence-corrected chi connectivity index (χ3v) is 2.96. The van der Waals surface area contributed by atoms with Crippen LogP contribution >= 0.6 is 11.3 Å². The molecule has 2 heterocycles. The van der Waals surface area contributed by atoms with Crippen LogP contribution in [-0.4, -0.2) is 9.97 Å². The monoisotopic (exact) mass is 235 g/mol. The van der Waals surface area contributed by atoms with Crippen molar-refractivity contribution < 1.29 is 0 Å². The summed E-state index contributed by atoms with van der Waals surface area (Å²) in [5.41, 5.74) is 3.49. The number of hydrogen-bond donors (Lipinski definition) is 3. The molecule has 4 N–H and O–H groups in total. The summed E-state index contributed by atoms with van der Waals surface area (Å²) in [7, 11) is 0. The Kier molecular flexibility index (Phi) is 3.33. The topological polar surface area (TPSA) is 75.9 Å². The number of hydrazine groups is 1. The first-order chi connectivity index (χ1) is 7.78. The van der Waals surface area contributed by atoms with E-state index in [0.29, 0.717) is 5.82 Å². The molecule has 0 unspecified atom stereocenters. The smallest absolute Gasteiger partial charge is 0.141 e. The number of nitrogens with two attached hydrogens (primary N) is 1. The van der Waals surface area contributed by atoms with E-state index in [2.05, 4.69) is 20.7 Å². The SMILES string of the molecule is Cc1ncc(CNc2ccnc(NN)c2)s1. The van der Waals surface area contributed by atoms with Crippen LogP contribution in [0.15, 0.2) is 24.5 Å². The summed E-state index contributed by atoms with van der Waals surface area (Å²) < 4.78 is 0. The molecule has 84 valence electrons. The Hall–Kier alpha value is -1.66. The molecule has 0 spiro atoms. The van der Waals surface area contributed by atoms with E-state index in [1.807, 2.05) is 25.3 Å². The van der Waals surface area contributed by atoms with Crippen LogP contribution < -0.4 is 16.6 Å². The van der Waals surface area contributed by atoms with E-state index >= 15 is 0 Å². The van der Waals surface area contributed by atoms with Crippen molar-refractivity contribution in [3.05, 3.63) is 34.4 Å². The average molecular weight is 235 g/mol. The molecule has 0 amide bonds. The maximum atomic E-state index is 5.28. The van der Waals surface area contributed by atoms with Crippen molar-refractivity contribution in [1.82, 2.24) is 9.97 Å². The molecule has 0 saturated carbocycles. The van der Waals surface area contributed by atoms with Crippen molar-refractivity contribution in [3.63, 3.8) is 0 Å². The average Bonchev–Trinajstić information content (AvgIpc) is 2.73. The summed E-state index contributed by atoms with van der Waals surface area (Å²) in [6.45, 7) is 2.76. The van der Waals surface area contributed by atoms with Crippen LogP contribution in [0.25, 0.3) is 0 Å². The minimum Gasteiger partial charge on any atom is -0.380 e. The largest absolute Gasteiger partial charge is 0.380 e. The lowest BCUT2D eigenvalue weighted by Crippen LogP contribution is -2.08. The first-order valence-corrected chi connectivity index (χ1v) is 5.67. The predicted octanol–water partition coefficient (Wildman–Crippen LogP) is 1.74. The second-order valence-corrected chi connectivity index (χ2v) is 4.59. The number of rotatable bonds is 4. The van der Waals surface area contributed by atoms with Crippen LogP contribution in [0.2, 0.25) is 0 Å². The molecule has 0 fully saturated rings. The fraction of sp³-hybridized carbons (Fsp3) is 0.200. The van der Waals surface area contributed by atoms with Crippen molar-refractivity contribution >= 4 is 22.8 Å². The van der Waals surface area contributed by atoms with E-state index in [4.69, 9.17) is 5.84 Å². The highest BCUT2D eigenvalue weighted by Crippen LogP contribution is 2.15. The molecule has 16 heavy (non-hydrogen) atoms. The number of thiazole rings is 1. The van der Waals surface area contributed by atoms with Crippen LogP contribution in [-0.2, 0) is 6.54 Å². The highest BCUT2D eigenvalue weighted by Gasteiger charge is 1.99. The van der Waals surface area contributed by atoms with Gasteiger partial charge in [-0.05, 0) is 13.0 Å². The molecule has 0 aliphatic carbocycles. The lowest BCUT2D eigenvalue weighted by Gasteiger charge is -2.05. The molecular formula is C10H13N5S. The number of pyridine rings is 1. The number of nitrogens with zero attached hydrogens (tertiary/aromatic N) is 2. The summed E-state index contributed by atoms with van der Waals surface area (Å²) >= 11 is 1.69. The fourth-order valence-corrected chi connectivity index (χ4v) is 2.03. The first kappa shape index (κ1) is 10.8. The first-order valence-electron chi connectivity index (χ1n) is 4.86. The van der Waals surface area contributed by atoms with Gasteiger partial charge in [-0.15, -0.1) is 11.3 Å². The van der Waals surface area contributed by atoms with Crippen LogP contribution in [0.4, 0.5) is 11.5 Å². The lowest BCUT2D eigenvalue weighted by molar-refractivity contribution is 1.15. The third kappa shape index (κ3) is 2.68. The van der Waals surface area contributed by atoms with E-state index in [1.54, 1.807) is 17.5 Å². The Balaban J connectivity index is 1.99. The van der Waals surface area contributed by atoms with Crippen molar-refractivity contribution in [2.45, 2.75) is 13.5 Å². The Labute approximate surface area is 97.7 Å². The molecule has 0 radical (unpaired) electrons. The zero-order chi connectivity index (χ0) is 11.4. The summed E-state index contributed by atoms with van der Waals surface area (Å²) in [5, 5.41) is 4.36. The van der Waals surface area contributed by atoms with Gasteiger partial charge >= 0.3 is 0 Å². The quantitative estimate of drug-likeness (QED) is 0.556. The van der Waals surface area contributed by atoms with Gasteiger partial charge in [-0.3, -0.25) is 0 Å². The van der Waals surface area contributed by atoms with Gasteiger partial charge in [0.2, 0.25) is 0 Å². The van der Waals surface area contributed by atoms with Crippen LogP contribution in [0.1, 0.15) is 9.88 Å². The van der Waals surface area contributed by atoms with Gasteiger partial charge in [0.1, 0.15) is 5.82 Å². The van der Waals surface area contributed by atoms with Crippen molar-refractivity contribution in [3.8, 4) is 0 Å². The van der Waals surface area contributed by atoms with E-state index < -0.39 is 0 Å². The lowest BCUT2D eigenvalue weighted by atomic mass is 10.4. The Morgan fingerprint density at radius 1 is 1.44 bits per heavy atom. The molecule has 0 aliphatic heterocycles. The molecular weight excluding hydrogens is 222 g/mol. The van der Waals surface area contributed by atoms with Gasteiger partial charge in [-0.1, -0.05) is 0 Å². The summed E-state index contributed by atoms with van der Waals surface area (Å²) in [4.78, 5) is 9.43. The summed E-state index contributed by atoms with van der Waals surface area (Å²) in [6.07, 6.45) is 3.59. The van der Waals surface area contributed by atoms with Gasteiger partial charge in [0.25, 0.3) is 0 Å². The second-order valence-electron chi connectivity index (χ2n) is 3.27. The van der Waals surface area contributed by atoms with Crippen molar-refractivity contribution in [2.75, 3.05) is 10.7 Å². The summed E-state index contributed by atoms with van der Waals surface area (Å²) in [5.74, 6) is 5.93. The zero-order valence-corrected chi connectivity index (χ0v) is 9.71. The molecule has 0 saturated heterocycles. The van der Waals surface area contributed by atoms with Crippen LogP contribution in [0.5, 0.6) is 0 Å². The molecule has 2 aromatic rings. The fourth-order valence-electron chi connectivity index (χ4n) is 1.30. The number of nitrogens with one attached hydrogen (secondary N) is 2. The minimum absolute atomic E-state index is 0.644. The second kappa shape index (κ2) is 4.91. The number of aromatic nitrogens is 2. The number of nitrogen functional groups attached to an aromatic ring is 1. The van der Waals surface area contributed by atoms with Crippen molar-refractivity contribution in [2.24, 2.45) is 5.84 Å². The Morgan fingerprint density at radius 3 is 3.00 bits per heavy atom. The van der Waals surface area contributed by atoms with E-state index in [1.165, 1.54) is 4.88 Å². The minimum atomic E-state index is 0.644. The summed E-state index contributed by atoms with van der Waals surface area (Å²) in [6, 6.07) is 3.75. The molecule has 0 aromatic carbocycles. The molecule has 5 nitrogen and oxygen atoms in total. The van der Waals surface area contributed by atoms with Gasteiger partial charge < -0.3 is 10.7 Å². The normalized spacial score (nSPS) is 10.1. The van der Waals surface area contributed by atoms with Gasteiger partial charge in [-0.25, -0.2) is 15.8 Å². The Bertz CT molecular complexity index is 468. The molecule has 6 heteroatoms. The zero-order valence-electron chi connectivity index (χ0n) is 8.90. The maximum absolute atomic E-state index is 5.28. The molecule has 2 aromatic heterocycles. The number of anilines is 2. The Morgan fingerprint density at radius 2 is 2.31 bits per heavy atom. The molecule has 0 aliphatic rings. The molecule has 0 atom stereocenters. The maximum Gasteiger partial charge on any atom is 0.141 e. The van der Waals surface area contributed by atoms with Gasteiger partial charge in [0.05, 0.1) is 11.6 Å². The van der Waals surface area contributed by atoms with Gasteiger partial charge in [0, 0.05) is 29.0 Å². The van der Waals surface area contributed by atoms with E-state index in [9.17, 15) is 0 Å².